The molecule has 0 aliphatic rings. The number of hydrogen-bond acceptors (Lipinski definition) is 3. The number of rotatable bonds is 5. The summed E-state index contributed by atoms with van der Waals surface area (Å²) in [5.41, 5.74) is 3.15. The summed E-state index contributed by atoms with van der Waals surface area (Å²) in [6.07, 6.45) is 1.77. The molecule has 4 rings (SSSR count). The van der Waals surface area contributed by atoms with Crippen LogP contribution in [0.3, 0.4) is 0 Å². The van der Waals surface area contributed by atoms with Crippen LogP contribution in [0.1, 0.15) is 5.56 Å². The van der Waals surface area contributed by atoms with Crippen molar-refractivity contribution in [1.82, 2.24) is 10.2 Å². The third-order valence-electron chi connectivity index (χ3n) is 4.32. The number of hydrogen-bond donors (Lipinski definition) is 1. The van der Waals surface area contributed by atoms with Gasteiger partial charge in [-0.2, -0.15) is 5.10 Å². The zero-order valence-corrected chi connectivity index (χ0v) is 14.5. The van der Waals surface area contributed by atoms with Crippen molar-refractivity contribution in [3.05, 3.63) is 78.0 Å². The van der Waals surface area contributed by atoms with Gasteiger partial charge in [-0.1, -0.05) is 24.3 Å². The molecule has 0 atom stereocenters. The summed E-state index contributed by atoms with van der Waals surface area (Å²) in [4.78, 5) is 0. The molecule has 27 heavy (non-hydrogen) atoms. The molecule has 136 valence electrons. The normalized spacial score (nSPS) is 10.9. The van der Waals surface area contributed by atoms with E-state index < -0.39 is 11.6 Å². The van der Waals surface area contributed by atoms with E-state index in [0.29, 0.717) is 23.5 Å². The Kier molecular flexibility index (Phi) is 4.46. The molecule has 1 N–H and O–H groups in total. The van der Waals surface area contributed by atoms with E-state index in [-0.39, 0.29) is 5.75 Å². The maximum atomic E-state index is 13.6. The molecule has 0 aliphatic heterocycles. The van der Waals surface area contributed by atoms with Crippen molar-refractivity contribution in [2.24, 2.45) is 0 Å². The Labute approximate surface area is 154 Å². The van der Waals surface area contributed by atoms with Gasteiger partial charge in [0.05, 0.1) is 18.8 Å². The average Bonchev–Trinajstić information content (AvgIpc) is 3.16. The van der Waals surface area contributed by atoms with Crippen molar-refractivity contribution >= 4 is 10.9 Å². The van der Waals surface area contributed by atoms with E-state index >= 15 is 0 Å². The predicted octanol–water partition coefficient (Wildman–Crippen LogP) is 5.10. The topological polar surface area (TPSA) is 47.1 Å². The van der Waals surface area contributed by atoms with Crippen molar-refractivity contribution < 1.29 is 18.3 Å². The van der Waals surface area contributed by atoms with Gasteiger partial charge < -0.3 is 9.47 Å². The Morgan fingerprint density at radius 2 is 1.74 bits per heavy atom. The summed E-state index contributed by atoms with van der Waals surface area (Å²) in [7, 11) is 1.42. The first-order valence-electron chi connectivity index (χ1n) is 8.32. The highest BCUT2D eigenvalue weighted by Crippen LogP contribution is 2.33. The quantitative estimate of drug-likeness (QED) is 0.535. The molecule has 6 heteroatoms. The number of aromatic nitrogens is 2. The number of nitrogens with zero attached hydrogens (tertiary/aromatic N) is 1. The minimum absolute atomic E-state index is 0.274. The van der Waals surface area contributed by atoms with E-state index in [4.69, 9.17) is 9.47 Å². The third-order valence-corrected chi connectivity index (χ3v) is 4.32. The lowest BCUT2D eigenvalue weighted by molar-refractivity contribution is 0.306. The van der Waals surface area contributed by atoms with Gasteiger partial charge in [-0.05, 0) is 35.4 Å². The molecule has 0 radical (unpaired) electrons. The fourth-order valence-corrected chi connectivity index (χ4v) is 2.89. The maximum absolute atomic E-state index is 13.6. The van der Waals surface area contributed by atoms with Gasteiger partial charge in [0.15, 0.2) is 11.6 Å². The van der Waals surface area contributed by atoms with Crippen molar-refractivity contribution in [3.63, 3.8) is 0 Å². The molecule has 0 amide bonds. The Bertz CT molecular complexity index is 1090. The SMILES string of the molecule is COc1cc(F)c(F)cc1-c1ccc(OCc2ccc3cn[nH]c3c2)cc1. The molecule has 1 heterocycles. The number of benzene rings is 3. The van der Waals surface area contributed by atoms with Gasteiger partial charge in [-0.3, -0.25) is 5.10 Å². The molecule has 0 bridgehead atoms. The molecule has 0 spiro atoms. The van der Waals surface area contributed by atoms with Crippen LogP contribution >= 0.6 is 0 Å². The number of ether oxygens (including phenoxy) is 2. The van der Waals surface area contributed by atoms with Gasteiger partial charge >= 0.3 is 0 Å². The Morgan fingerprint density at radius 1 is 0.963 bits per heavy atom. The van der Waals surface area contributed by atoms with Crippen LogP contribution in [0.4, 0.5) is 8.78 Å². The van der Waals surface area contributed by atoms with Crippen LogP contribution in [0, 0.1) is 11.6 Å². The van der Waals surface area contributed by atoms with Crippen LogP contribution in [0.15, 0.2) is 60.8 Å². The summed E-state index contributed by atoms with van der Waals surface area (Å²) >= 11 is 0. The standard InChI is InChI=1S/C21H16F2N2O2/c1-26-21-10-19(23)18(22)9-17(21)14-4-6-16(7-5-14)27-12-13-2-3-15-11-24-25-20(15)8-13/h2-11H,12H2,1H3,(H,24,25). The number of fused-ring (bicyclic) bond motifs is 1. The van der Waals surface area contributed by atoms with Crippen molar-refractivity contribution in [1.29, 1.82) is 0 Å². The lowest BCUT2D eigenvalue weighted by Crippen LogP contribution is -1.96. The van der Waals surface area contributed by atoms with E-state index in [1.807, 2.05) is 18.2 Å². The predicted molar refractivity (Wildman–Crippen MR) is 98.8 cm³/mol. The zero-order chi connectivity index (χ0) is 18.8. The molecule has 0 aliphatic carbocycles. The van der Waals surface area contributed by atoms with Crippen LogP contribution in [-0.2, 0) is 6.61 Å². The Balaban J connectivity index is 1.51. The minimum atomic E-state index is -0.940. The third kappa shape index (κ3) is 3.46. The van der Waals surface area contributed by atoms with Gasteiger partial charge in [0, 0.05) is 17.0 Å². The maximum Gasteiger partial charge on any atom is 0.162 e. The van der Waals surface area contributed by atoms with Crippen LogP contribution < -0.4 is 9.47 Å². The number of methoxy groups -OCH3 is 1. The lowest BCUT2D eigenvalue weighted by Gasteiger charge is -2.11. The summed E-state index contributed by atoms with van der Waals surface area (Å²) < 4.78 is 37.9. The summed E-state index contributed by atoms with van der Waals surface area (Å²) in [5.74, 6) is -0.912. The smallest absolute Gasteiger partial charge is 0.162 e. The Morgan fingerprint density at radius 3 is 2.52 bits per heavy atom. The molecule has 0 saturated heterocycles. The van der Waals surface area contributed by atoms with Crippen LogP contribution in [0.5, 0.6) is 11.5 Å². The van der Waals surface area contributed by atoms with Gasteiger partial charge in [0.1, 0.15) is 18.1 Å². The van der Waals surface area contributed by atoms with Gasteiger partial charge in [0.25, 0.3) is 0 Å². The highest BCUT2D eigenvalue weighted by molar-refractivity contribution is 5.78. The highest BCUT2D eigenvalue weighted by atomic mass is 19.2. The Hall–Kier alpha value is -3.41. The molecule has 0 fully saturated rings. The van der Waals surface area contributed by atoms with Gasteiger partial charge in [0.2, 0.25) is 0 Å². The van der Waals surface area contributed by atoms with E-state index in [9.17, 15) is 8.78 Å². The second-order valence-electron chi connectivity index (χ2n) is 6.07. The van der Waals surface area contributed by atoms with Gasteiger partial charge in [-0.15, -0.1) is 0 Å². The zero-order valence-electron chi connectivity index (χ0n) is 14.5. The van der Waals surface area contributed by atoms with Crippen molar-refractivity contribution in [2.45, 2.75) is 6.61 Å². The fraction of sp³-hybridized carbons (Fsp3) is 0.0952. The van der Waals surface area contributed by atoms with Crippen LogP contribution in [0.25, 0.3) is 22.0 Å². The number of nitrogens with one attached hydrogen (secondary N) is 1. The molecular formula is C21H16F2N2O2. The highest BCUT2D eigenvalue weighted by Gasteiger charge is 2.12. The van der Waals surface area contributed by atoms with Gasteiger partial charge in [-0.25, -0.2) is 8.78 Å². The average molecular weight is 366 g/mol. The van der Waals surface area contributed by atoms with Crippen molar-refractivity contribution in [2.75, 3.05) is 7.11 Å². The lowest BCUT2D eigenvalue weighted by atomic mass is 10.0. The van der Waals surface area contributed by atoms with E-state index in [0.717, 1.165) is 28.6 Å². The molecule has 3 aromatic carbocycles. The van der Waals surface area contributed by atoms with E-state index in [1.54, 1.807) is 30.5 Å². The summed E-state index contributed by atoms with van der Waals surface area (Å²) in [6, 6.07) is 15.3. The second kappa shape index (κ2) is 7.07. The van der Waals surface area contributed by atoms with E-state index in [2.05, 4.69) is 10.2 Å². The molecule has 4 aromatic rings. The minimum Gasteiger partial charge on any atom is -0.496 e. The molecular weight excluding hydrogens is 350 g/mol. The van der Waals surface area contributed by atoms with Crippen molar-refractivity contribution in [3.8, 4) is 22.6 Å². The largest absolute Gasteiger partial charge is 0.496 e. The van der Waals surface area contributed by atoms with E-state index in [1.165, 1.54) is 7.11 Å². The first-order valence-corrected chi connectivity index (χ1v) is 8.32. The fourth-order valence-electron chi connectivity index (χ4n) is 2.89. The monoisotopic (exact) mass is 366 g/mol. The summed E-state index contributed by atoms with van der Waals surface area (Å²) in [5, 5.41) is 7.97. The van der Waals surface area contributed by atoms with Crippen LogP contribution in [-0.4, -0.2) is 17.3 Å². The first kappa shape index (κ1) is 17.0. The molecule has 4 nitrogen and oxygen atoms in total. The van der Waals surface area contributed by atoms with Crippen LogP contribution in [0.2, 0.25) is 0 Å². The molecule has 0 saturated carbocycles. The molecule has 0 unspecified atom stereocenters. The number of halogens is 2. The number of aromatic amines is 1. The number of H-pyrrole nitrogens is 1. The second-order valence-corrected chi connectivity index (χ2v) is 6.07. The summed E-state index contributed by atoms with van der Waals surface area (Å²) in [6.45, 7) is 0.406. The molecule has 1 aromatic heterocycles. The first-order chi connectivity index (χ1) is 13.1.